The van der Waals surface area contributed by atoms with Gasteiger partial charge in [-0.1, -0.05) is 27.7 Å². The summed E-state index contributed by atoms with van der Waals surface area (Å²) >= 11 is 0. The molecule has 0 aromatic heterocycles. The lowest BCUT2D eigenvalue weighted by Gasteiger charge is -2.24. The molecule has 74 valence electrons. The third-order valence-electron chi connectivity index (χ3n) is 1.94. The molecule has 0 aromatic carbocycles. The van der Waals surface area contributed by atoms with Gasteiger partial charge in [0.05, 0.1) is 0 Å². The lowest BCUT2D eigenvalue weighted by molar-refractivity contribution is 0.206. The first kappa shape index (κ1) is 11.9. The van der Waals surface area contributed by atoms with E-state index < -0.39 is 0 Å². The fourth-order valence-electron chi connectivity index (χ4n) is 1.09. The lowest BCUT2D eigenvalue weighted by atomic mass is 9.89. The van der Waals surface area contributed by atoms with Crippen molar-refractivity contribution in [3.8, 4) is 0 Å². The number of nitrogens with one attached hydrogen (secondary N) is 1. The van der Waals surface area contributed by atoms with Crippen molar-refractivity contribution >= 4 is 0 Å². The minimum atomic E-state index is 0.226. The zero-order valence-electron chi connectivity index (χ0n) is 8.85. The molecule has 2 heteroatoms. The van der Waals surface area contributed by atoms with Gasteiger partial charge in [0.15, 0.2) is 0 Å². The van der Waals surface area contributed by atoms with E-state index in [0.717, 1.165) is 19.5 Å². The lowest BCUT2D eigenvalue weighted by Crippen LogP contribution is -2.32. The van der Waals surface area contributed by atoms with Crippen LogP contribution in [0.5, 0.6) is 0 Å². The molecule has 12 heavy (non-hydrogen) atoms. The van der Waals surface area contributed by atoms with Crippen molar-refractivity contribution in [2.24, 2.45) is 11.3 Å². The van der Waals surface area contributed by atoms with Crippen LogP contribution in [0.25, 0.3) is 0 Å². The van der Waals surface area contributed by atoms with Crippen molar-refractivity contribution in [1.82, 2.24) is 5.32 Å². The van der Waals surface area contributed by atoms with Crippen molar-refractivity contribution in [2.45, 2.75) is 34.1 Å². The normalized spacial score (nSPS) is 12.5. The molecule has 0 aromatic rings. The molecule has 0 atom stereocenters. The summed E-state index contributed by atoms with van der Waals surface area (Å²) in [6.07, 6.45) is 0.873. The number of aliphatic hydroxyl groups is 1. The van der Waals surface area contributed by atoms with Gasteiger partial charge in [-0.25, -0.2) is 0 Å². The molecular weight excluding hydrogens is 150 g/mol. The molecule has 0 bridgehead atoms. The molecule has 0 aliphatic rings. The largest absolute Gasteiger partial charge is 0.396 e. The second-order valence-electron chi connectivity index (χ2n) is 4.66. The Labute approximate surface area is 76.4 Å². The van der Waals surface area contributed by atoms with Crippen LogP contribution in [0.15, 0.2) is 0 Å². The summed E-state index contributed by atoms with van der Waals surface area (Å²) in [6, 6.07) is 0. The molecular formula is C10H23NO. The quantitative estimate of drug-likeness (QED) is 0.640. The van der Waals surface area contributed by atoms with E-state index in [1.165, 1.54) is 0 Å². The monoisotopic (exact) mass is 173 g/mol. The summed E-state index contributed by atoms with van der Waals surface area (Å²) < 4.78 is 0. The summed E-state index contributed by atoms with van der Waals surface area (Å²) in [6.45, 7) is 11.1. The molecule has 2 N–H and O–H groups in total. The number of hydrogen-bond acceptors (Lipinski definition) is 2. The van der Waals surface area contributed by atoms with Gasteiger partial charge < -0.3 is 10.4 Å². The minimum absolute atomic E-state index is 0.226. The summed E-state index contributed by atoms with van der Waals surface area (Å²) in [7, 11) is 0. The highest BCUT2D eigenvalue weighted by atomic mass is 16.3. The third kappa shape index (κ3) is 6.62. The van der Waals surface area contributed by atoms with Crippen LogP contribution in [0, 0.1) is 11.3 Å². The van der Waals surface area contributed by atoms with Crippen LogP contribution in [-0.4, -0.2) is 24.8 Å². The summed E-state index contributed by atoms with van der Waals surface area (Å²) in [5.41, 5.74) is 0.226. The first-order chi connectivity index (χ1) is 5.48. The third-order valence-corrected chi connectivity index (χ3v) is 1.94. The van der Waals surface area contributed by atoms with Gasteiger partial charge in [0.25, 0.3) is 0 Å². The van der Waals surface area contributed by atoms with E-state index in [1.807, 2.05) is 0 Å². The molecule has 0 saturated carbocycles. The van der Waals surface area contributed by atoms with E-state index in [9.17, 15) is 0 Å². The van der Waals surface area contributed by atoms with Gasteiger partial charge in [-0.2, -0.15) is 0 Å². The van der Waals surface area contributed by atoms with Crippen LogP contribution < -0.4 is 5.32 Å². The molecule has 2 nitrogen and oxygen atoms in total. The van der Waals surface area contributed by atoms with E-state index in [-0.39, 0.29) is 12.0 Å². The number of aliphatic hydroxyl groups excluding tert-OH is 1. The maximum Gasteiger partial charge on any atom is 0.0436 e. The Morgan fingerprint density at radius 1 is 1.33 bits per heavy atom. The van der Waals surface area contributed by atoms with Gasteiger partial charge in [0, 0.05) is 13.2 Å². The molecule has 0 radical (unpaired) electrons. The second kappa shape index (κ2) is 5.55. The Morgan fingerprint density at radius 3 is 2.33 bits per heavy atom. The number of hydrogen-bond donors (Lipinski definition) is 2. The predicted octanol–water partition coefficient (Wildman–Crippen LogP) is 1.64. The number of rotatable bonds is 6. The van der Waals surface area contributed by atoms with Gasteiger partial charge in [-0.05, 0) is 24.3 Å². The fraction of sp³-hybridized carbons (Fsp3) is 1.00. The average Bonchev–Trinajstić information content (AvgIpc) is 1.85. The molecule has 0 aliphatic heterocycles. The summed E-state index contributed by atoms with van der Waals surface area (Å²) in [5, 5.41) is 12.2. The van der Waals surface area contributed by atoms with Gasteiger partial charge in [-0.3, -0.25) is 0 Å². The van der Waals surface area contributed by atoms with Gasteiger partial charge >= 0.3 is 0 Å². The molecule has 0 unspecified atom stereocenters. The Bertz CT molecular complexity index is 110. The van der Waals surface area contributed by atoms with Crippen LogP contribution in [0.3, 0.4) is 0 Å². The highest BCUT2D eigenvalue weighted by Gasteiger charge is 2.15. The van der Waals surface area contributed by atoms with Crippen LogP contribution in [0.4, 0.5) is 0 Å². The summed E-state index contributed by atoms with van der Waals surface area (Å²) in [4.78, 5) is 0. The smallest absolute Gasteiger partial charge is 0.0436 e. The zero-order valence-corrected chi connectivity index (χ0v) is 8.85. The first-order valence-electron chi connectivity index (χ1n) is 4.79. The first-order valence-corrected chi connectivity index (χ1v) is 4.79. The van der Waals surface area contributed by atoms with Crippen molar-refractivity contribution in [3.05, 3.63) is 0 Å². The van der Waals surface area contributed by atoms with E-state index in [0.29, 0.717) is 5.92 Å². The molecule has 0 rings (SSSR count). The molecule has 0 saturated heterocycles. The Kier molecular flexibility index (Phi) is 5.51. The summed E-state index contributed by atoms with van der Waals surface area (Å²) in [5.74, 6) is 0.704. The second-order valence-corrected chi connectivity index (χ2v) is 4.66. The average molecular weight is 173 g/mol. The van der Waals surface area contributed by atoms with Crippen LogP contribution in [0.2, 0.25) is 0 Å². The topological polar surface area (TPSA) is 32.3 Å². The van der Waals surface area contributed by atoms with Crippen LogP contribution in [0.1, 0.15) is 34.1 Å². The Balaban J connectivity index is 3.46. The standard InChI is InChI=1S/C10H23NO/c1-9(2)7-11-8-10(3,4)5-6-12/h9,11-12H,5-8H2,1-4H3. The van der Waals surface area contributed by atoms with E-state index in [2.05, 4.69) is 33.0 Å². The molecule has 0 heterocycles. The molecule has 0 aliphatic carbocycles. The van der Waals surface area contributed by atoms with Crippen molar-refractivity contribution in [1.29, 1.82) is 0 Å². The van der Waals surface area contributed by atoms with Gasteiger partial charge in [0.2, 0.25) is 0 Å². The maximum absolute atomic E-state index is 8.78. The van der Waals surface area contributed by atoms with Crippen LogP contribution >= 0.6 is 0 Å². The highest BCUT2D eigenvalue weighted by molar-refractivity contribution is 4.71. The SMILES string of the molecule is CC(C)CNCC(C)(C)CCO. The van der Waals surface area contributed by atoms with Crippen molar-refractivity contribution in [2.75, 3.05) is 19.7 Å². The fourth-order valence-corrected chi connectivity index (χ4v) is 1.09. The highest BCUT2D eigenvalue weighted by Crippen LogP contribution is 2.17. The Hall–Kier alpha value is -0.0800. The maximum atomic E-state index is 8.78. The minimum Gasteiger partial charge on any atom is -0.396 e. The van der Waals surface area contributed by atoms with Crippen molar-refractivity contribution in [3.63, 3.8) is 0 Å². The van der Waals surface area contributed by atoms with E-state index in [1.54, 1.807) is 0 Å². The Morgan fingerprint density at radius 2 is 1.92 bits per heavy atom. The van der Waals surface area contributed by atoms with Crippen LogP contribution in [-0.2, 0) is 0 Å². The molecule has 0 fully saturated rings. The zero-order chi connectivity index (χ0) is 9.61. The van der Waals surface area contributed by atoms with Gasteiger partial charge in [0.1, 0.15) is 0 Å². The molecule has 0 amide bonds. The predicted molar refractivity (Wildman–Crippen MR) is 53.2 cm³/mol. The van der Waals surface area contributed by atoms with Crippen molar-refractivity contribution < 1.29 is 5.11 Å². The molecule has 0 spiro atoms. The van der Waals surface area contributed by atoms with E-state index >= 15 is 0 Å². The van der Waals surface area contributed by atoms with Gasteiger partial charge in [-0.15, -0.1) is 0 Å². The van der Waals surface area contributed by atoms with E-state index in [4.69, 9.17) is 5.11 Å².